The SMILES string of the molecule is CC(=O)O.CC(=O)O.CC(=O)O.Cc1cc(C(C)(C)C)c[c-]c1-c1ccccc1.Cc1cc(C(C)(C)C)ccc1-c1[c-]cccc1.Cc1cc(C(C)(C)C)ccc1-c1[c-]cccc1.Cc1cccc(C)c1-c1ccc(C(C)(C)C)cc1.Cc1ccccc1-c1ccc(C(C)(C)C)cc1.[Y].[Y].[Y]. The second-order valence-electron chi connectivity index (χ2n) is 30.0. The van der Waals surface area contributed by atoms with Gasteiger partial charge in [-0.1, -0.05) is 296 Å². The molecule has 101 heavy (non-hydrogen) atoms. The molecule has 0 aromatic heterocycles. The Morgan fingerprint density at radius 3 is 0.931 bits per heavy atom. The monoisotopic (exact) mass is 1580 g/mol. The van der Waals surface area contributed by atoms with Gasteiger partial charge in [-0.25, -0.2) is 0 Å². The molecule has 0 aliphatic rings. The summed E-state index contributed by atoms with van der Waals surface area (Å²) in [6.07, 6.45) is 0. The van der Waals surface area contributed by atoms with E-state index >= 15 is 0 Å². The van der Waals surface area contributed by atoms with Crippen LogP contribution in [0.25, 0.3) is 55.6 Å². The van der Waals surface area contributed by atoms with Crippen LogP contribution in [0.15, 0.2) is 218 Å². The van der Waals surface area contributed by atoms with Crippen LogP contribution in [0.3, 0.4) is 0 Å². The van der Waals surface area contributed by atoms with E-state index in [1.165, 1.54) is 117 Å². The van der Waals surface area contributed by atoms with Gasteiger partial charge in [0.05, 0.1) is 0 Å². The molecule has 0 saturated carbocycles. The Hall–Kier alpha value is -6.08. The van der Waals surface area contributed by atoms with Crippen molar-refractivity contribution in [2.24, 2.45) is 0 Å². The van der Waals surface area contributed by atoms with Crippen molar-refractivity contribution in [2.75, 3.05) is 0 Å². The van der Waals surface area contributed by atoms with Gasteiger partial charge in [-0.05, 0) is 123 Å². The molecule has 0 fully saturated rings. The Bertz CT molecular complexity index is 3790. The van der Waals surface area contributed by atoms with Crippen LogP contribution in [0.1, 0.15) is 186 Å². The molecular weight excluding hydrogens is 1470 g/mol. The first-order chi connectivity index (χ1) is 45.5. The maximum Gasteiger partial charge on any atom is 0.300 e. The zero-order valence-electron chi connectivity index (χ0n) is 65.1. The van der Waals surface area contributed by atoms with Crippen molar-refractivity contribution in [1.29, 1.82) is 0 Å². The molecule has 10 aromatic carbocycles. The van der Waals surface area contributed by atoms with Gasteiger partial charge in [-0.3, -0.25) is 14.4 Å². The van der Waals surface area contributed by atoms with Gasteiger partial charge in [0.25, 0.3) is 17.9 Å². The summed E-state index contributed by atoms with van der Waals surface area (Å²) in [5, 5.41) is 22.2. The number of carbonyl (C=O) groups is 3. The second kappa shape index (κ2) is 44.5. The first-order valence-electron chi connectivity index (χ1n) is 33.7. The van der Waals surface area contributed by atoms with E-state index in [2.05, 4.69) is 352 Å². The summed E-state index contributed by atoms with van der Waals surface area (Å²) in [4.78, 5) is 27.0. The van der Waals surface area contributed by atoms with Gasteiger partial charge in [0.1, 0.15) is 0 Å². The van der Waals surface area contributed by atoms with E-state index < -0.39 is 17.9 Å². The van der Waals surface area contributed by atoms with E-state index in [4.69, 9.17) is 29.7 Å². The van der Waals surface area contributed by atoms with E-state index in [1.807, 2.05) is 30.3 Å². The zero-order valence-corrected chi connectivity index (χ0v) is 73.6. The van der Waals surface area contributed by atoms with Gasteiger partial charge in [0.2, 0.25) is 0 Å². The van der Waals surface area contributed by atoms with Gasteiger partial charge in [-0.2, -0.15) is 0 Å². The minimum Gasteiger partial charge on any atom is -0.481 e. The van der Waals surface area contributed by atoms with Crippen LogP contribution in [-0.2, 0) is 140 Å². The third kappa shape index (κ3) is 34.4. The molecule has 9 heteroatoms. The van der Waals surface area contributed by atoms with Crippen LogP contribution >= 0.6 is 0 Å². The Kier molecular flexibility index (Phi) is 41.9. The average molecular weight is 1580 g/mol. The molecule has 10 aromatic rings. The van der Waals surface area contributed by atoms with Crippen LogP contribution in [-0.4, -0.2) is 33.2 Å². The number of aliphatic carboxylic acids is 3. The fourth-order valence-corrected chi connectivity index (χ4v) is 10.4. The van der Waals surface area contributed by atoms with Crippen molar-refractivity contribution in [3.05, 3.63) is 298 Å². The topological polar surface area (TPSA) is 112 Å². The van der Waals surface area contributed by atoms with Gasteiger partial charge in [-0.15, -0.1) is 107 Å². The summed E-state index contributed by atoms with van der Waals surface area (Å²) in [6.45, 7) is 49.9. The van der Waals surface area contributed by atoms with Crippen molar-refractivity contribution < 1.29 is 128 Å². The zero-order chi connectivity index (χ0) is 73.9. The molecule has 6 nitrogen and oxygen atoms in total. The number of hydrogen-bond acceptors (Lipinski definition) is 3. The molecular formula is C92H111O6Y3-3. The Labute approximate surface area is 685 Å². The van der Waals surface area contributed by atoms with Crippen molar-refractivity contribution in [3.63, 3.8) is 0 Å². The number of rotatable bonds is 5. The van der Waals surface area contributed by atoms with Crippen molar-refractivity contribution in [3.8, 4) is 55.6 Å². The predicted octanol–water partition coefficient (Wildman–Crippen LogP) is 24.8. The quantitative estimate of drug-likeness (QED) is 0.148. The number of aryl methyl sites for hydroxylation is 6. The molecule has 0 aliphatic carbocycles. The first kappa shape index (κ1) is 94.9. The van der Waals surface area contributed by atoms with Crippen molar-refractivity contribution in [2.45, 2.75) is 193 Å². The van der Waals surface area contributed by atoms with Crippen LogP contribution in [0.5, 0.6) is 0 Å². The summed E-state index contributed by atoms with van der Waals surface area (Å²) in [7, 11) is 0. The minimum atomic E-state index is -0.833. The Balaban J connectivity index is 0.00000118. The van der Waals surface area contributed by atoms with E-state index in [9.17, 15) is 0 Å². The predicted molar refractivity (Wildman–Crippen MR) is 418 cm³/mol. The largest absolute Gasteiger partial charge is 0.481 e. The standard InChI is InChI=1S/C18H22.C17H20.3C17H19.3C2H4O2.3Y/c1-13-7-6-8-14(2)17(13)15-9-11-16(12-10-15)18(3,4)5;1-13-7-5-6-8-16(13)14-9-11-15(12-10-14)17(2,3)4;3*1-13-12-15(17(2,3)4)10-11-16(13)14-8-6-5-7-9-14;3*1-2(3)4;;;/h6-12H,1-5H3;5-12H,1-4H3;2*5-8,10-12H,1-4H3;5-10,12H,1-4H3;3*1H3,(H,3,4);;;/q;;3*-1;;;;;;. The number of benzene rings is 10. The summed E-state index contributed by atoms with van der Waals surface area (Å²) in [6, 6.07) is 87.5. The molecule has 0 atom stereocenters. The molecule has 0 saturated heterocycles. The van der Waals surface area contributed by atoms with Crippen LogP contribution in [0.2, 0.25) is 0 Å². The molecule has 0 heterocycles. The van der Waals surface area contributed by atoms with Gasteiger partial charge >= 0.3 is 0 Å². The van der Waals surface area contributed by atoms with Gasteiger partial charge in [0, 0.05) is 119 Å². The Morgan fingerprint density at radius 2 is 0.604 bits per heavy atom. The normalized spacial score (nSPS) is 10.6. The molecule has 0 amide bonds. The molecule has 0 unspecified atom stereocenters. The van der Waals surface area contributed by atoms with E-state index in [-0.39, 0.29) is 125 Å². The first-order valence-corrected chi connectivity index (χ1v) is 33.7. The molecule has 3 radical (unpaired) electrons. The van der Waals surface area contributed by atoms with Gasteiger partial charge < -0.3 is 15.3 Å². The molecule has 10 rings (SSSR count). The van der Waals surface area contributed by atoms with Crippen LogP contribution in [0, 0.1) is 59.7 Å². The van der Waals surface area contributed by atoms with Gasteiger partial charge in [0.15, 0.2) is 0 Å². The smallest absolute Gasteiger partial charge is 0.300 e. The number of hydrogen-bond donors (Lipinski definition) is 3. The molecule has 0 spiro atoms. The van der Waals surface area contributed by atoms with Crippen molar-refractivity contribution in [1.82, 2.24) is 0 Å². The molecule has 0 bridgehead atoms. The fraction of sp³-hybridized carbons (Fsp3) is 0.315. The third-order valence-corrected chi connectivity index (χ3v) is 16.0. The van der Waals surface area contributed by atoms with Crippen LogP contribution in [0.4, 0.5) is 0 Å². The summed E-state index contributed by atoms with van der Waals surface area (Å²) < 4.78 is 0. The summed E-state index contributed by atoms with van der Waals surface area (Å²) >= 11 is 0. The summed E-state index contributed by atoms with van der Waals surface area (Å²) in [5.74, 6) is -2.50. The van der Waals surface area contributed by atoms with E-state index in [0.29, 0.717) is 0 Å². The maximum absolute atomic E-state index is 9.00. The van der Waals surface area contributed by atoms with Crippen molar-refractivity contribution >= 4 is 17.9 Å². The maximum atomic E-state index is 9.00. The average Bonchev–Trinajstić information content (AvgIpc) is 0.843. The summed E-state index contributed by atoms with van der Waals surface area (Å²) in [5.41, 5.74) is 28.6. The number of carboxylic acids is 3. The molecule has 3 N–H and O–H groups in total. The third-order valence-electron chi connectivity index (χ3n) is 16.0. The minimum absolute atomic E-state index is 0. The fourth-order valence-electron chi connectivity index (χ4n) is 10.4. The van der Waals surface area contributed by atoms with Crippen LogP contribution < -0.4 is 0 Å². The Morgan fingerprint density at radius 1 is 0.287 bits per heavy atom. The molecule has 527 valence electrons. The van der Waals surface area contributed by atoms with E-state index in [0.717, 1.165) is 20.8 Å². The number of carboxylic acid groups (broad SMARTS) is 3. The molecule has 0 aliphatic heterocycles. The van der Waals surface area contributed by atoms with E-state index in [1.54, 1.807) is 0 Å². The second-order valence-corrected chi connectivity index (χ2v) is 30.0.